The van der Waals surface area contributed by atoms with Gasteiger partial charge >= 0.3 is 0 Å². The molecular formula is C13H24BrN3O. The molecule has 1 rings (SSSR count). The molecule has 5 heteroatoms. The number of likely N-dealkylation sites (N-methyl/N-ethyl adjacent to an activating group) is 1. The molecule has 18 heavy (non-hydrogen) atoms. The average molecular weight is 318 g/mol. The number of aryl methyl sites for hydroxylation is 2. The predicted octanol–water partition coefficient (Wildman–Crippen LogP) is 2.29. The number of halogens is 1. The van der Waals surface area contributed by atoms with E-state index in [0.717, 1.165) is 16.6 Å². The SMILES string of the molecule is CNC(Cc1c(Br)c(C)nn1C)C(OC)C(C)C. The zero-order valence-corrected chi connectivity index (χ0v) is 13.7. The quantitative estimate of drug-likeness (QED) is 0.875. The van der Waals surface area contributed by atoms with Crippen LogP contribution in [0.2, 0.25) is 0 Å². The van der Waals surface area contributed by atoms with Crippen LogP contribution in [0.25, 0.3) is 0 Å². The Morgan fingerprint density at radius 3 is 2.39 bits per heavy atom. The van der Waals surface area contributed by atoms with Gasteiger partial charge in [0.05, 0.1) is 22.0 Å². The van der Waals surface area contributed by atoms with Crippen molar-refractivity contribution in [3.05, 3.63) is 15.9 Å². The maximum absolute atomic E-state index is 5.62. The summed E-state index contributed by atoms with van der Waals surface area (Å²) in [6, 6.07) is 0.279. The van der Waals surface area contributed by atoms with Crippen LogP contribution in [-0.4, -0.2) is 36.1 Å². The molecule has 0 saturated heterocycles. The predicted molar refractivity (Wildman–Crippen MR) is 77.8 cm³/mol. The van der Waals surface area contributed by atoms with Crippen LogP contribution in [0.1, 0.15) is 25.2 Å². The minimum atomic E-state index is 0.192. The van der Waals surface area contributed by atoms with E-state index < -0.39 is 0 Å². The number of aromatic nitrogens is 2. The molecule has 2 unspecified atom stereocenters. The number of hydrogen-bond donors (Lipinski definition) is 1. The minimum Gasteiger partial charge on any atom is -0.380 e. The van der Waals surface area contributed by atoms with Crippen molar-refractivity contribution < 1.29 is 4.74 Å². The maximum atomic E-state index is 5.62. The van der Waals surface area contributed by atoms with Crippen molar-refractivity contribution in [2.24, 2.45) is 13.0 Å². The van der Waals surface area contributed by atoms with Crippen LogP contribution >= 0.6 is 15.9 Å². The molecule has 0 radical (unpaired) electrons. The molecule has 4 nitrogen and oxygen atoms in total. The normalized spacial score (nSPS) is 15.1. The second-order valence-electron chi connectivity index (χ2n) is 5.01. The summed E-state index contributed by atoms with van der Waals surface area (Å²) in [6.07, 6.45) is 1.09. The third-order valence-electron chi connectivity index (χ3n) is 3.37. The molecular weight excluding hydrogens is 294 g/mol. The lowest BCUT2D eigenvalue weighted by molar-refractivity contribution is 0.0349. The van der Waals surface area contributed by atoms with Gasteiger partial charge < -0.3 is 10.1 Å². The van der Waals surface area contributed by atoms with E-state index in [1.54, 1.807) is 7.11 Å². The van der Waals surface area contributed by atoms with Gasteiger partial charge in [0.2, 0.25) is 0 Å². The van der Waals surface area contributed by atoms with Crippen LogP contribution in [0.5, 0.6) is 0 Å². The number of methoxy groups -OCH3 is 1. The first kappa shape index (κ1) is 15.7. The van der Waals surface area contributed by atoms with Gasteiger partial charge in [-0.15, -0.1) is 0 Å². The Labute approximate surface area is 118 Å². The fourth-order valence-corrected chi connectivity index (χ4v) is 2.89. The van der Waals surface area contributed by atoms with Crippen molar-refractivity contribution in [3.63, 3.8) is 0 Å². The molecule has 1 aromatic heterocycles. The average Bonchev–Trinajstić information content (AvgIpc) is 2.54. The van der Waals surface area contributed by atoms with Crippen LogP contribution in [0.4, 0.5) is 0 Å². The van der Waals surface area contributed by atoms with E-state index in [0.29, 0.717) is 5.92 Å². The zero-order valence-electron chi connectivity index (χ0n) is 12.1. The largest absolute Gasteiger partial charge is 0.380 e. The summed E-state index contributed by atoms with van der Waals surface area (Å²) >= 11 is 3.61. The lowest BCUT2D eigenvalue weighted by Gasteiger charge is -2.29. The minimum absolute atomic E-state index is 0.192. The third kappa shape index (κ3) is 3.33. The summed E-state index contributed by atoms with van der Waals surface area (Å²) in [6.45, 7) is 6.38. The van der Waals surface area contributed by atoms with Gasteiger partial charge in [0.25, 0.3) is 0 Å². The highest BCUT2D eigenvalue weighted by Gasteiger charge is 2.25. The highest BCUT2D eigenvalue weighted by atomic mass is 79.9. The van der Waals surface area contributed by atoms with Gasteiger partial charge in [-0.25, -0.2) is 0 Å². The van der Waals surface area contributed by atoms with E-state index in [1.165, 1.54) is 5.69 Å². The molecule has 0 aliphatic carbocycles. The monoisotopic (exact) mass is 317 g/mol. The summed E-state index contributed by atoms with van der Waals surface area (Å²) in [7, 11) is 5.74. The second-order valence-corrected chi connectivity index (χ2v) is 5.81. The first-order valence-corrected chi connectivity index (χ1v) is 7.09. The highest BCUT2D eigenvalue weighted by molar-refractivity contribution is 9.10. The van der Waals surface area contributed by atoms with Gasteiger partial charge in [0, 0.05) is 26.6 Å². The molecule has 0 aliphatic heterocycles. The molecule has 0 aromatic carbocycles. The van der Waals surface area contributed by atoms with Gasteiger partial charge in [-0.1, -0.05) is 13.8 Å². The summed E-state index contributed by atoms with van der Waals surface area (Å²) in [4.78, 5) is 0. The van der Waals surface area contributed by atoms with Crippen molar-refractivity contribution in [2.45, 2.75) is 39.3 Å². The molecule has 0 amide bonds. The fraction of sp³-hybridized carbons (Fsp3) is 0.769. The molecule has 104 valence electrons. The zero-order chi connectivity index (χ0) is 13.9. The number of hydrogen-bond acceptors (Lipinski definition) is 3. The number of nitrogens with zero attached hydrogens (tertiary/aromatic N) is 2. The summed E-state index contributed by atoms with van der Waals surface area (Å²) in [5, 5.41) is 7.79. The van der Waals surface area contributed by atoms with Gasteiger partial charge in [0.15, 0.2) is 0 Å². The molecule has 1 N–H and O–H groups in total. The van der Waals surface area contributed by atoms with Crippen molar-refractivity contribution in [3.8, 4) is 0 Å². The van der Waals surface area contributed by atoms with Crippen molar-refractivity contribution >= 4 is 15.9 Å². The van der Waals surface area contributed by atoms with Crippen molar-refractivity contribution in [2.75, 3.05) is 14.2 Å². The summed E-state index contributed by atoms with van der Waals surface area (Å²) in [5.41, 5.74) is 2.23. The molecule has 0 aliphatic rings. The Balaban J connectivity index is 2.92. The number of nitrogens with one attached hydrogen (secondary N) is 1. The van der Waals surface area contributed by atoms with E-state index in [9.17, 15) is 0 Å². The highest BCUT2D eigenvalue weighted by Crippen LogP contribution is 2.23. The topological polar surface area (TPSA) is 39.1 Å². The van der Waals surface area contributed by atoms with Gasteiger partial charge in [-0.05, 0) is 35.8 Å². The molecule has 0 saturated carbocycles. The van der Waals surface area contributed by atoms with E-state index >= 15 is 0 Å². The molecule has 2 atom stereocenters. The number of ether oxygens (including phenoxy) is 1. The fourth-order valence-electron chi connectivity index (χ4n) is 2.39. The van der Waals surface area contributed by atoms with E-state index in [-0.39, 0.29) is 12.1 Å². The second kappa shape index (κ2) is 6.68. The van der Waals surface area contributed by atoms with E-state index in [2.05, 4.69) is 40.2 Å². The van der Waals surface area contributed by atoms with E-state index in [1.807, 2.05) is 25.7 Å². The molecule has 0 bridgehead atoms. The van der Waals surface area contributed by atoms with Gasteiger partial charge in [-0.3, -0.25) is 4.68 Å². The van der Waals surface area contributed by atoms with Crippen LogP contribution in [0.3, 0.4) is 0 Å². The summed E-state index contributed by atoms with van der Waals surface area (Å²) in [5.74, 6) is 0.473. The molecule has 1 heterocycles. The Hall–Kier alpha value is -0.390. The van der Waals surface area contributed by atoms with Crippen LogP contribution in [-0.2, 0) is 18.2 Å². The van der Waals surface area contributed by atoms with Crippen molar-refractivity contribution in [1.29, 1.82) is 0 Å². The smallest absolute Gasteiger partial charge is 0.0750 e. The van der Waals surface area contributed by atoms with Gasteiger partial charge in [-0.2, -0.15) is 5.10 Å². The molecule has 1 aromatic rings. The number of rotatable bonds is 6. The standard InChI is InChI=1S/C13H24BrN3O/c1-8(2)13(18-6)10(15-4)7-11-12(14)9(3)16-17(11)5/h8,10,13,15H,7H2,1-6H3. The Morgan fingerprint density at radius 2 is 2.06 bits per heavy atom. The molecule has 0 fully saturated rings. The maximum Gasteiger partial charge on any atom is 0.0750 e. The Bertz CT molecular complexity index is 390. The van der Waals surface area contributed by atoms with Crippen LogP contribution in [0.15, 0.2) is 4.47 Å². The first-order valence-electron chi connectivity index (χ1n) is 6.30. The third-order valence-corrected chi connectivity index (χ3v) is 4.40. The Morgan fingerprint density at radius 1 is 1.44 bits per heavy atom. The molecule has 0 spiro atoms. The summed E-state index contributed by atoms with van der Waals surface area (Å²) < 4.78 is 8.66. The lowest BCUT2D eigenvalue weighted by Crippen LogP contribution is -2.44. The lowest BCUT2D eigenvalue weighted by atomic mass is 9.96. The van der Waals surface area contributed by atoms with Crippen LogP contribution < -0.4 is 5.32 Å². The first-order chi connectivity index (χ1) is 8.42. The van der Waals surface area contributed by atoms with Gasteiger partial charge in [0.1, 0.15) is 0 Å². The van der Waals surface area contributed by atoms with E-state index in [4.69, 9.17) is 4.74 Å². The van der Waals surface area contributed by atoms with Crippen LogP contribution in [0, 0.1) is 12.8 Å². The Kier molecular flexibility index (Phi) is 5.82. The van der Waals surface area contributed by atoms with Crippen molar-refractivity contribution in [1.82, 2.24) is 15.1 Å².